The molecule has 0 amide bonds. The summed E-state index contributed by atoms with van der Waals surface area (Å²) < 4.78 is 17.6. The molecule has 0 saturated carbocycles. The average Bonchev–Trinajstić information content (AvgIpc) is 2.34. The van der Waals surface area contributed by atoms with Crippen molar-refractivity contribution in [2.45, 2.75) is 19.3 Å². The molecule has 1 rings (SSSR count). The van der Waals surface area contributed by atoms with E-state index in [4.69, 9.17) is 4.74 Å². The molecule has 1 aromatic carbocycles. The van der Waals surface area contributed by atoms with Crippen LogP contribution in [-0.4, -0.2) is 18.2 Å². The van der Waals surface area contributed by atoms with E-state index in [9.17, 15) is 14.0 Å². The van der Waals surface area contributed by atoms with Crippen LogP contribution in [-0.2, 0) is 9.59 Å². The molecule has 17 heavy (non-hydrogen) atoms. The lowest BCUT2D eigenvalue weighted by atomic mass is 10.1. The third-order valence-corrected chi connectivity index (χ3v) is 2.15. The van der Waals surface area contributed by atoms with Gasteiger partial charge in [0, 0.05) is 6.42 Å². The first-order valence-electron chi connectivity index (χ1n) is 5.37. The predicted octanol–water partition coefficient (Wildman–Crippen LogP) is 2.35. The zero-order chi connectivity index (χ0) is 12.7. The van der Waals surface area contributed by atoms with Crippen molar-refractivity contribution in [1.29, 1.82) is 0 Å². The van der Waals surface area contributed by atoms with Gasteiger partial charge in [-0.3, -0.25) is 9.59 Å². The van der Waals surface area contributed by atoms with E-state index >= 15 is 0 Å². The van der Waals surface area contributed by atoms with Crippen molar-refractivity contribution >= 4 is 11.6 Å². The third kappa shape index (κ3) is 4.76. The SMILES string of the molecule is [CH2]CCCC(=O)C(=O)COc1ccc(F)cc1. The Balaban J connectivity index is 2.37. The Morgan fingerprint density at radius 1 is 1.18 bits per heavy atom. The van der Waals surface area contributed by atoms with Crippen LogP contribution in [0.1, 0.15) is 19.3 Å². The number of benzene rings is 1. The molecule has 4 heteroatoms. The maximum Gasteiger partial charge on any atom is 0.235 e. The minimum atomic E-state index is -0.567. The minimum Gasteiger partial charge on any atom is -0.485 e. The van der Waals surface area contributed by atoms with Gasteiger partial charge in [-0.05, 0) is 30.7 Å². The molecule has 0 spiro atoms. The van der Waals surface area contributed by atoms with Crippen molar-refractivity contribution in [3.8, 4) is 5.75 Å². The van der Waals surface area contributed by atoms with Crippen LogP contribution in [0.4, 0.5) is 4.39 Å². The highest BCUT2D eigenvalue weighted by Gasteiger charge is 2.13. The molecule has 0 aromatic heterocycles. The van der Waals surface area contributed by atoms with E-state index in [2.05, 4.69) is 6.92 Å². The summed E-state index contributed by atoms with van der Waals surface area (Å²) >= 11 is 0. The fourth-order valence-corrected chi connectivity index (χ4v) is 1.19. The number of Topliss-reactive ketones (excluding diaryl/α,β-unsaturated/α-hetero) is 2. The Kier molecular flexibility index (Phi) is 5.33. The number of ether oxygens (including phenoxy) is 1. The van der Waals surface area contributed by atoms with Gasteiger partial charge in [0.25, 0.3) is 0 Å². The smallest absolute Gasteiger partial charge is 0.235 e. The van der Waals surface area contributed by atoms with Crippen LogP contribution in [0, 0.1) is 12.7 Å². The number of rotatable bonds is 7. The molecule has 1 radical (unpaired) electrons. The minimum absolute atomic E-state index is 0.203. The Hall–Kier alpha value is -1.71. The zero-order valence-electron chi connectivity index (χ0n) is 9.45. The van der Waals surface area contributed by atoms with E-state index in [-0.39, 0.29) is 18.8 Å². The summed E-state index contributed by atoms with van der Waals surface area (Å²) in [5.74, 6) is -1.03. The van der Waals surface area contributed by atoms with Crippen LogP contribution in [0.5, 0.6) is 5.75 Å². The topological polar surface area (TPSA) is 43.4 Å². The molecule has 0 atom stereocenters. The van der Waals surface area contributed by atoms with Crippen molar-refractivity contribution in [3.05, 3.63) is 37.0 Å². The summed E-state index contributed by atoms with van der Waals surface area (Å²) in [6, 6.07) is 5.26. The summed E-state index contributed by atoms with van der Waals surface area (Å²) in [4.78, 5) is 22.6. The molecule has 0 bridgehead atoms. The van der Waals surface area contributed by atoms with Crippen LogP contribution in [0.2, 0.25) is 0 Å². The Labute approximate surface area is 99.6 Å². The normalized spacial score (nSPS) is 10.0. The molecule has 0 aliphatic carbocycles. The van der Waals surface area contributed by atoms with E-state index in [0.717, 1.165) is 0 Å². The number of hydrogen-bond acceptors (Lipinski definition) is 3. The van der Waals surface area contributed by atoms with Gasteiger partial charge >= 0.3 is 0 Å². The van der Waals surface area contributed by atoms with Crippen molar-refractivity contribution < 1.29 is 18.7 Å². The summed E-state index contributed by atoms with van der Waals surface area (Å²) in [5.41, 5.74) is 0. The predicted molar refractivity (Wildman–Crippen MR) is 61.1 cm³/mol. The molecule has 0 heterocycles. The number of carbonyl (C=O) groups is 2. The maximum absolute atomic E-state index is 12.6. The van der Waals surface area contributed by atoms with Gasteiger partial charge in [0.1, 0.15) is 11.6 Å². The van der Waals surface area contributed by atoms with Crippen LogP contribution in [0.3, 0.4) is 0 Å². The highest BCUT2D eigenvalue weighted by molar-refractivity contribution is 6.37. The number of halogens is 1. The van der Waals surface area contributed by atoms with Crippen molar-refractivity contribution in [3.63, 3.8) is 0 Å². The summed E-state index contributed by atoms with van der Waals surface area (Å²) in [6.45, 7) is 3.28. The van der Waals surface area contributed by atoms with E-state index in [1.54, 1.807) is 0 Å². The number of ketones is 2. The van der Waals surface area contributed by atoms with Gasteiger partial charge in [-0.1, -0.05) is 13.3 Å². The molecule has 0 unspecified atom stereocenters. The first-order valence-corrected chi connectivity index (χ1v) is 5.37. The maximum atomic E-state index is 12.6. The molecule has 0 N–H and O–H groups in total. The van der Waals surface area contributed by atoms with Crippen molar-refractivity contribution in [2.75, 3.05) is 6.61 Å². The molecule has 91 valence electrons. The first-order chi connectivity index (χ1) is 8.13. The second kappa shape index (κ2) is 6.78. The monoisotopic (exact) mass is 237 g/mol. The van der Waals surface area contributed by atoms with Crippen molar-refractivity contribution in [1.82, 2.24) is 0 Å². The van der Waals surface area contributed by atoms with Crippen LogP contribution >= 0.6 is 0 Å². The van der Waals surface area contributed by atoms with Gasteiger partial charge in [0.05, 0.1) is 0 Å². The van der Waals surface area contributed by atoms with Gasteiger partial charge in [-0.25, -0.2) is 4.39 Å². The van der Waals surface area contributed by atoms with Gasteiger partial charge < -0.3 is 4.74 Å². The van der Waals surface area contributed by atoms with E-state index in [0.29, 0.717) is 18.6 Å². The number of hydrogen-bond donors (Lipinski definition) is 0. The standard InChI is InChI=1S/C13H14FO3/c1-2-3-4-12(15)13(16)9-17-11-7-5-10(14)6-8-11/h5-8H,1-4,9H2. The Bertz CT molecular complexity index is 384. The molecule has 3 nitrogen and oxygen atoms in total. The Morgan fingerprint density at radius 2 is 1.82 bits per heavy atom. The molecule has 0 fully saturated rings. The summed E-state index contributed by atoms with van der Waals surface area (Å²) in [7, 11) is 0. The second-order valence-electron chi connectivity index (χ2n) is 3.55. The largest absolute Gasteiger partial charge is 0.485 e. The summed E-state index contributed by atoms with van der Waals surface area (Å²) in [5, 5.41) is 0. The lowest BCUT2D eigenvalue weighted by molar-refractivity contribution is -0.137. The van der Waals surface area contributed by atoms with Crippen LogP contribution in [0.15, 0.2) is 24.3 Å². The first kappa shape index (κ1) is 13.4. The highest BCUT2D eigenvalue weighted by Crippen LogP contribution is 2.11. The van der Waals surface area contributed by atoms with Gasteiger partial charge in [-0.15, -0.1) is 0 Å². The number of carbonyl (C=O) groups excluding carboxylic acids is 2. The zero-order valence-corrected chi connectivity index (χ0v) is 9.45. The van der Waals surface area contributed by atoms with Gasteiger partial charge in [0.2, 0.25) is 11.6 Å². The molecular weight excluding hydrogens is 223 g/mol. The Morgan fingerprint density at radius 3 is 2.41 bits per heavy atom. The second-order valence-corrected chi connectivity index (χ2v) is 3.55. The molecule has 0 saturated heterocycles. The van der Waals surface area contributed by atoms with Crippen LogP contribution in [0.25, 0.3) is 0 Å². The van der Waals surface area contributed by atoms with Gasteiger partial charge in [0.15, 0.2) is 6.61 Å². The van der Waals surface area contributed by atoms with Crippen LogP contribution < -0.4 is 4.74 Å². The van der Waals surface area contributed by atoms with E-state index < -0.39 is 11.6 Å². The lowest BCUT2D eigenvalue weighted by Gasteiger charge is -2.04. The molecular formula is C13H14FO3. The molecule has 0 aliphatic rings. The van der Waals surface area contributed by atoms with E-state index in [1.165, 1.54) is 24.3 Å². The van der Waals surface area contributed by atoms with Gasteiger partial charge in [-0.2, -0.15) is 0 Å². The van der Waals surface area contributed by atoms with Crippen molar-refractivity contribution in [2.24, 2.45) is 0 Å². The third-order valence-electron chi connectivity index (χ3n) is 2.15. The molecule has 1 aromatic rings. The fraction of sp³-hybridized carbons (Fsp3) is 0.308. The molecule has 0 aliphatic heterocycles. The van der Waals surface area contributed by atoms with E-state index in [1.807, 2.05) is 0 Å². The number of unbranched alkanes of at least 4 members (excludes halogenated alkanes) is 1. The lowest BCUT2D eigenvalue weighted by Crippen LogP contribution is -2.21. The summed E-state index contributed by atoms with van der Waals surface area (Å²) in [6.07, 6.45) is 1.42. The quantitative estimate of drug-likeness (QED) is 0.684. The highest BCUT2D eigenvalue weighted by atomic mass is 19.1. The average molecular weight is 237 g/mol. The fourth-order valence-electron chi connectivity index (χ4n) is 1.19.